The van der Waals surface area contributed by atoms with E-state index in [4.69, 9.17) is 18.9 Å². The van der Waals surface area contributed by atoms with E-state index in [-0.39, 0.29) is 41.9 Å². The Morgan fingerprint density at radius 1 is 0.750 bits per heavy atom. The molecule has 14 nitrogen and oxygen atoms in total. The maximum atomic E-state index is 13.2. The van der Waals surface area contributed by atoms with Crippen LogP contribution in [0.25, 0.3) is 11.4 Å². The molecule has 0 N–H and O–H groups in total. The van der Waals surface area contributed by atoms with E-state index in [2.05, 4.69) is 9.97 Å². The predicted octanol–water partition coefficient (Wildman–Crippen LogP) is 5.48. The largest absolute Gasteiger partial charge is 0.497 e. The Kier molecular flexibility index (Phi) is 9.01. The Balaban J connectivity index is 0.000000162. The highest BCUT2D eigenvalue weighted by atomic mass is 16.6. The Morgan fingerprint density at radius 2 is 1.21 bits per heavy atom. The van der Waals surface area contributed by atoms with Gasteiger partial charge in [-0.15, -0.1) is 0 Å². The van der Waals surface area contributed by atoms with E-state index in [1.54, 1.807) is 58.1 Å². The number of imidazole rings is 2. The van der Waals surface area contributed by atoms with Crippen LogP contribution in [0.2, 0.25) is 0 Å². The van der Waals surface area contributed by atoms with Gasteiger partial charge in [0, 0.05) is 13.1 Å². The number of esters is 2. The number of hydrogen-bond donors (Lipinski definition) is 0. The number of methoxy groups -OCH3 is 2. The number of carbonyl (C=O) groups excluding carboxylic acids is 4. The molecule has 0 bridgehead atoms. The van der Waals surface area contributed by atoms with Crippen molar-refractivity contribution < 1.29 is 38.1 Å². The summed E-state index contributed by atoms with van der Waals surface area (Å²) in [5.74, 6) is 0.228. The molecule has 4 aliphatic heterocycles. The van der Waals surface area contributed by atoms with Crippen molar-refractivity contribution in [2.24, 2.45) is 0 Å². The second kappa shape index (κ2) is 13.5. The van der Waals surface area contributed by atoms with E-state index >= 15 is 0 Å². The fourth-order valence-electron chi connectivity index (χ4n) is 7.52. The average molecular weight is 711 g/mol. The molecule has 0 aliphatic carbocycles. The maximum absolute atomic E-state index is 13.2. The Labute approximate surface area is 301 Å². The van der Waals surface area contributed by atoms with Gasteiger partial charge < -0.3 is 28.7 Å². The molecule has 0 saturated carbocycles. The van der Waals surface area contributed by atoms with Crippen LogP contribution in [0.1, 0.15) is 119 Å². The van der Waals surface area contributed by atoms with Gasteiger partial charge in [-0.3, -0.25) is 18.7 Å². The van der Waals surface area contributed by atoms with Gasteiger partial charge >= 0.3 is 11.9 Å². The van der Waals surface area contributed by atoms with Gasteiger partial charge in [0.15, 0.2) is 11.4 Å². The normalized spacial score (nSPS) is 18.3. The standard InChI is InChI=1S/C20H23N3O4.C18H19N3O4/c1-20(2,3)27-19(25)16-17-15-6-5-9-22(15)18(24)13-10-12(26-4)7-8-14(13)23(17)11-21-16;1-3-25-18(23)15-16-14-5-4-8-20(14)17(22)12-9-11(24-2)6-7-13(12)21(16)10-19-15/h7-8,10-11,15H,5-6,9H2,1-4H3;6-7,9-10,14H,3-5,8H2,1-2H3/t15-;14-/m00/s1. The van der Waals surface area contributed by atoms with Crippen molar-refractivity contribution >= 4 is 23.8 Å². The molecule has 2 atom stereocenters. The van der Waals surface area contributed by atoms with Crippen molar-refractivity contribution in [3.63, 3.8) is 0 Å². The first-order chi connectivity index (χ1) is 24.9. The van der Waals surface area contributed by atoms with Crippen LogP contribution in [0.5, 0.6) is 11.5 Å². The van der Waals surface area contributed by atoms with Crippen LogP contribution in [-0.4, -0.2) is 92.2 Å². The molecule has 4 aliphatic rings. The summed E-state index contributed by atoms with van der Waals surface area (Å²) >= 11 is 0. The molecule has 2 amide bonds. The molecule has 14 heteroatoms. The van der Waals surface area contributed by atoms with E-state index in [1.165, 1.54) is 0 Å². The summed E-state index contributed by atoms with van der Waals surface area (Å²) in [5.41, 5.74) is 3.91. The topological polar surface area (TPSA) is 147 Å². The molecule has 2 saturated heterocycles. The fraction of sp³-hybridized carbons (Fsp3) is 0.421. The summed E-state index contributed by atoms with van der Waals surface area (Å²) < 4.78 is 25.0. The van der Waals surface area contributed by atoms with E-state index < -0.39 is 17.5 Å². The second-order valence-corrected chi connectivity index (χ2v) is 14.0. The van der Waals surface area contributed by atoms with Crippen LogP contribution < -0.4 is 9.47 Å². The van der Waals surface area contributed by atoms with Crippen molar-refractivity contribution in [1.82, 2.24) is 28.9 Å². The molecule has 2 fully saturated rings. The molecule has 2 aromatic carbocycles. The average Bonchev–Trinajstić information content (AvgIpc) is 3.94. The fourth-order valence-corrected chi connectivity index (χ4v) is 7.52. The number of amides is 2. The quantitative estimate of drug-likeness (QED) is 0.244. The van der Waals surface area contributed by atoms with Gasteiger partial charge in [0.1, 0.15) is 29.8 Å². The third-order valence-electron chi connectivity index (χ3n) is 9.72. The molecule has 0 unspecified atom stereocenters. The lowest BCUT2D eigenvalue weighted by molar-refractivity contribution is 0.00591. The Hall–Kier alpha value is -5.66. The van der Waals surface area contributed by atoms with Crippen molar-refractivity contribution in [2.75, 3.05) is 33.9 Å². The van der Waals surface area contributed by atoms with Gasteiger partial charge in [-0.25, -0.2) is 19.6 Å². The van der Waals surface area contributed by atoms with Crippen molar-refractivity contribution in [2.45, 2.75) is 71.1 Å². The third kappa shape index (κ3) is 5.95. The highest BCUT2D eigenvalue weighted by Gasteiger charge is 2.42. The summed E-state index contributed by atoms with van der Waals surface area (Å²) in [7, 11) is 3.15. The summed E-state index contributed by atoms with van der Waals surface area (Å²) in [5, 5.41) is 0. The molecule has 4 aromatic rings. The molecule has 52 heavy (non-hydrogen) atoms. The van der Waals surface area contributed by atoms with Gasteiger partial charge in [0.05, 0.1) is 66.8 Å². The van der Waals surface area contributed by atoms with Gasteiger partial charge in [-0.05, 0) is 89.8 Å². The lowest BCUT2D eigenvalue weighted by Crippen LogP contribution is -2.31. The van der Waals surface area contributed by atoms with Crippen LogP contribution in [0.15, 0.2) is 49.1 Å². The number of hydrogen-bond acceptors (Lipinski definition) is 10. The monoisotopic (exact) mass is 710 g/mol. The van der Waals surface area contributed by atoms with Crippen LogP contribution >= 0.6 is 0 Å². The highest BCUT2D eigenvalue weighted by molar-refractivity contribution is 6.01. The van der Waals surface area contributed by atoms with E-state index in [0.717, 1.165) is 37.1 Å². The molecule has 8 rings (SSSR count). The first-order valence-electron chi connectivity index (χ1n) is 17.5. The minimum absolute atomic E-state index is 0.0464. The Bertz CT molecular complexity index is 2080. The molecular weight excluding hydrogens is 668 g/mol. The molecule has 0 spiro atoms. The van der Waals surface area contributed by atoms with Crippen molar-refractivity contribution in [3.05, 3.63) is 83.0 Å². The summed E-state index contributed by atoms with van der Waals surface area (Å²) in [6.45, 7) is 8.84. The van der Waals surface area contributed by atoms with Crippen LogP contribution in [0, 0.1) is 0 Å². The third-order valence-corrected chi connectivity index (χ3v) is 9.72. The predicted molar refractivity (Wildman–Crippen MR) is 187 cm³/mol. The van der Waals surface area contributed by atoms with Crippen LogP contribution in [0.4, 0.5) is 0 Å². The zero-order valence-electron chi connectivity index (χ0n) is 30.2. The summed E-state index contributed by atoms with van der Waals surface area (Å²) in [4.78, 5) is 63.7. The smallest absolute Gasteiger partial charge is 0.359 e. The SMILES string of the molecule is CCOC(=O)c1ncn2c1[C@@H]1CCCN1C(=O)c1cc(OC)ccc1-2.COc1ccc2c(c1)C(=O)N1CCC[C@H]1c1c(C(=O)OC(C)(C)C)ncn1-2. The van der Waals surface area contributed by atoms with Crippen molar-refractivity contribution in [3.8, 4) is 22.9 Å². The lowest BCUT2D eigenvalue weighted by atomic mass is 10.1. The number of ether oxygens (including phenoxy) is 4. The number of carbonyl (C=O) groups is 4. The molecular formula is C38H42N6O8. The van der Waals surface area contributed by atoms with Gasteiger partial charge in [-0.2, -0.15) is 0 Å². The van der Waals surface area contributed by atoms with Gasteiger partial charge in [0.2, 0.25) is 0 Å². The van der Waals surface area contributed by atoms with Crippen molar-refractivity contribution in [1.29, 1.82) is 0 Å². The minimum Gasteiger partial charge on any atom is -0.497 e. The highest BCUT2D eigenvalue weighted by Crippen LogP contribution is 2.42. The number of benzene rings is 2. The number of nitrogens with zero attached hydrogens (tertiary/aromatic N) is 6. The molecule has 6 heterocycles. The number of aromatic nitrogens is 4. The maximum Gasteiger partial charge on any atom is 0.359 e. The van der Waals surface area contributed by atoms with E-state index in [1.807, 2.05) is 51.8 Å². The molecule has 272 valence electrons. The second-order valence-electron chi connectivity index (χ2n) is 14.0. The van der Waals surface area contributed by atoms with Crippen LogP contribution in [-0.2, 0) is 9.47 Å². The zero-order valence-corrected chi connectivity index (χ0v) is 30.2. The Morgan fingerprint density at radius 3 is 1.63 bits per heavy atom. The van der Waals surface area contributed by atoms with Gasteiger partial charge in [-0.1, -0.05) is 0 Å². The van der Waals surface area contributed by atoms with Gasteiger partial charge in [0.25, 0.3) is 11.8 Å². The first kappa shape index (κ1) is 34.8. The summed E-state index contributed by atoms with van der Waals surface area (Å²) in [6, 6.07) is 10.4. The summed E-state index contributed by atoms with van der Waals surface area (Å²) in [6.07, 6.45) is 6.57. The molecule has 0 radical (unpaired) electrons. The van der Waals surface area contributed by atoms with E-state index in [0.29, 0.717) is 47.1 Å². The zero-order chi connectivity index (χ0) is 36.9. The number of rotatable bonds is 5. The minimum atomic E-state index is -0.616. The van der Waals surface area contributed by atoms with Crippen LogP contribution in [0.3, 0.4) is 0 Å². The first-order valence-corrected chi connectivity index (χ1v) is 17.5. The number of fused-ring (bicyclic) bond motifs is 10. The lowest BCUT2D eigenvalue weighted by Gasteiger charge is -2.24. The molecule has 2 aromatic heterocycles. The van der Waals surface area contributed by atoms with E-state index in [9.17, 15) is 19.2 Å².